The number of benzene rings is 1. The maximum absolute atomic E-state index is 12.8. The van der Waals surface area contributed by atoms with Gasteiger partial charge in [0.1, 0.15) is 5.76 Å². The fraction of sp³-hybridized carbons (Fsp3) is 0.286. The molecule has 1 aliphatic rings. The average molecular weight is 444 g/mol. The number of ketones is 1. The SMILES string of the molecule is CN(C)CCCN1C(=O)C(=O)C(=C(O)c2ccc(Br)cc2)C1c1cccnc1. The van der Waals surface area contributed by atoms with Crippen molar-refractivity contribution in [2.75, 3.05) is 27.2 Å². The molecule has 0 aliphatic carbocycles. The van der Waals surface area contributed by atoms with Crippen molar-refractivity contribution in [1.29, 1.82) is 0 Å². The Balaban J connectivity index is 2.06. The van der Waals surface area contributed by atoms with Gasteiger partial charge in [-0.3, -0.25) is 14.6 Å². The molecule has 0 bridgehead atoms. The number of likely N-dealkylation sites (tertiary alicyclic amines) is 1. The summed E-state index contributed by atoms with van der Waals surface area (Å²) in [5.41, 5.74) is 1.29. The number of halogens is 1. The van der Waals surface area contributed by atoms with E-state index in [9.17, 15) is 14.7 Å². The minimum absolute atomic E-state index is 0.102. The Kier molecular flexibility index (Phi) is 6.26. The highest BCUT2D eigenvalue weighted by Crippen LogP contribution is 2.39. The molecule has 1 fully saturated rings. The van der Waals surface area contributed by atoms with Gasteiger partial charge in [0, 0.05) is 29.0 Å². The lowest BCUT2D eigenvalue weighted by molar-refractivity contribution is -0.139. The molecule has 1 aliphatic heterocycles. The number of aliphatic hydroxyl groups is 1. The number of nitrogens with zero attached hydrogens (tertiary/aromatic N) is 3. The molecule has 1 saturated heterocycles. The summed E-state index contributed by atoms with van der Waals surface area (Å²) in [6.07, 6.45) is 3.98. The van der Waals surface area contributed by atoms with Gasteiger partial charge in [0.25, 0.3) is 11.7 Å². The molecular weight excluding hydrogens is 422 g/mol. The van der Waals surface area contributed by atoms with Crippen molar-refractivity contribution in [3.8, 4) is 0 Å². The third kappa shape index (κ3) is 4.15. The second-order valence-electron chi connectivity index (χ2n) is 6.94. The van der Waals surface area contributed by atoms with E-state index in [0.717, 1.165) is 17.4 Å². The number of hydrogen-bond acceptors (Lipinski definition) is 5. The van der Waals surface area contributed by atoms with Gasteiger partial charge < -0.3 is 14.9 Å². The summed E-state index contributed by atoms with van der Waals surface area (Å²) in [5, 5.41) is 10.9. The fourth-order valence-electron chi connectivity index (χ4n) is 3.32. The van der Waals surface area contributed by atoms with Gasteiger partial charge in [0.05, 0.1) is 11.6 Å². The lowest BCUT2D eigenvalue weighted by Gasteiger charge is -2.25. The van der Waals surface area contributed by atoms with Crippen LogP contribution in [0.25, 0.3) is 5.76 Å². The number of pyridine rings is 1. The summed E-state index contributed by atoms with van der Waals surface area (Å²) in [6, 6.07) is 9.90. The van der Waals surface area contributed by atoms with E-state index in [2.05, 4.69) is 20.9 Å². The number of amides is 1. The van der Waals surface area contributed by atoms with Crippen molar-refractivity contribution in [2.45, 2.75) is 12.5 Å². The minimum Gasteiger partial charge on any atom is -0.507 e. The molecule has 1 atom stereocenters. The van der Waals surface area contributed by atoms with Gasteiger partial charge in [-0.15, -0.1) is 0 Å². The van der Waals surface area contributed by atoms with Crippen LogP contribution in [0.2, 0.25) is 0 Å². The van der Waals surface area contributed by atoms with Crippen LogP contribution in [0.15, 0.2) is 58.8 Å². The van der Waals surface area contributed by atoms with Gasteiger partial charge in [-0.25, -0.2) is 0 Å². The molecule has 3 rings (SSSR count). The third-order valence-electron chi connectivity index (χ3n) is 4.66. The Morgan fingerprint density at radius 1 is 1.21 bits per heavy atom. The van der Waals surface area contributed by atoms with E-state index in [-0.39, 0.29) is 11.3 Å². The highest BCUT2D eigenvalue weighted by atomic mass is 79.9. The van der Waals surface area contributed by atoms with E-state index >= 15 is 0 Å². The summed E-state index contributed by atoms with van der Waals surface area (Å²) in [5.74, 6) is -1.43. The molecule has 1 aromatic heterocycles. The van der Waals surface area contributed by atoms with Crippen LogP contribution in [0.5, 0.6) is 0 Å². The van der Waals surface area contributed by atoms with Crippen molar-refractivity contribution in [3.05, 3.63) is 70.0 Å². The molecule has 0 spiro atoms. The molecular formula is C21H22BrN3O3. The van der Waals surface area contributed by atoms with Crippen molar-refractivity contribution >= 4 is 33.4 Å². The lowest BCUT2D eigenvalue weighted by Crippen LogP contribution is -2.32. The van der Waals surface area contributed by atoms with Crippen LogP contribution in [0.1, 0.15) is 23.6 Å². The quantitative estimate of drug-likeness (QED) is 0.421. The predicted octanol–water partition coefficient (Wildman–Crippen LogP) is 3.22. The normalized spacial score (nSPS) is 18.9. The zero-order chi connectivity index (χ0) is 20.3. The van der Waals surface area contributed by atoms with Gasteiger partial charge in [0.15, 0.2) is 0 Å². The topological polar surface area (TPSA) is 73.7 Å². The Labute approximate surface area is 172 Å². The second-order valence-corrected chi connectivity index (χ2v) is 7.86. The van der Waals surface area contributed by atoms with Gasteiger partial charge >= 0.3 is 0 Å². The number of carbonyl (C=O) groups is 2. The highest BCUT2D eigenvalue weighted by molar-refractivity contribution is 9.10. The number of aromatic nitrogens is 1. The molecule has 146 valence electrons. The first-order chi connectivity index (χ1) is 13.4. The minimum atomic E-state index is -0.667. The molecule has 2 aromatic rings. The zero-order valence-corrected chi connectivity index (χ0v) is 17.4. The number of carbonyl (C=O) groups excluding carboxylic acids is 2. The molecule has 1 unspecified atom stereocenters. The first-order valence-electron chi connectivity index (χ1n) is 8.99. The molecule has 7 heteroatoms. The smallest absolute Gasteiger partial charge is 0.295 e. The molecule has 28 heavy (non-hydrogen) atoms. The number of aliphatic hydroxyl groups excluding tert-OH is 1. The molecule has 1 amide bonds. The molecule has 6 nitrogen and oxygen atoms in total. The van der Waals surface area contributed by atoms with Crippen LogP contribution in [-0.2, 0) is 9.59 Å². The fourth-order valence-corrected chi connectivity index (χ4v) is 3.58. The van der Waals surface area contributed by atoms with E-state index in [4.69, 9.17) is 0 Å². The maximum atomic E-state index is 12.8. The monoisotopic (exact) mass is 443 g/mol. The standard InChI is InChI=1S/C21H22BrN3O3/c1-24(2)11-4-12-25-18(15-5-3-10-23-13-15)17(20(27)21(25)28)19(26)14-6-8-16(22)9-7-14/h3,5-10,13,18,26H,4,11-12H2,1-2H3. The molecule has 1 N–H and O–H groups in total. The zero-order valence-electron chi connectivity index (χ0n) is 15.8. The van der Waals surface area contributed by atoms with Crippen LogP contribution >= 0.6 is 15.9 Å². The Bertz CT molecular complexity index is 895. The maximum Gasteiger partial charge on any atom is 0.295 e. The van der Waals surface area contributed by atoms with Crippen molar-refractivity contribution < 1.29 is 14.7 Å². The second kappa shape index (κ2) is 8.67. The van der Waals surface area contributed by atoms with Gasteiger partial charge in [-0.2, -0.15) is 0 Å². The van der Waals surface area contributed by atoms with E-state index in [1.807, 2.05) is 25.1 Å². The van der Waals surface area contributed by atoms with E-state index in [0.29, 0.717) is 17.7 Å². The average Bonchev–Trinajstić information content (AvgIpc) is 2.93. The van der Waals surface area contributed by atoms with Crippen LogP contribution < -0.4 is 0 Å². The summed E-state index contributed by atoms with van der Waals surface area (Å²) in [7, 11) is 3.92. The van der Waals surface area contributed by atoms with Crippen LogP contribution in [0, 0.1) is 0 Å². The Morgan fingerprint density at radius 3 is 2.54 bits per heavy atom. The van der Waals surface area contributed by atoms with Crippen molar-refractivity contribution in [2.24, 2.45) is 0 Å². The highest BCUT2D eigenvalue weighted by Gasteiger charge is 2.45. The summed E-state index contributed by atoms with van der Waals surface area (Å²) in [4.78, 5) is 33.3. The molecule has 0 radical (unpaired) electrons. The van der Waals surface area contributed by atoms with E-state index in [1.54, 1.807) is 42.7 Å². The summed E-state index contributed by atoms with van der Waals surface area (Å²) in [6.45, 7) is 1.20. The van der Waals surface area contributed by atoms with Crippen molar-refractivity contribution in [3.63, 3.8) is 0 Å². The van der Waals surface area contributed by atoms with Gasteiger partial charge in [0.2, 0.25) is 0 Å². The number of Topliss-reactive ketones (excluding diaryl/α,β-unsaturated/α-hetero) is 1. The van der Waals surface area contributed by atoms with E-state index < -0.39 is 17.7 Å². The van der Waals surface area contributed by atoms with Crippen LogP contribution in [-0.4, -0.2) is 58.8 Å². The molecule has 1 aromatic carbocycles. The number of rotatable bonds is 6. The van der Waals surface area contributed by atoms with Crippen LogP contribution in [0.3, 0.4) is 0 Å². The van der Waals surface area contributed by atoms with Gasteiger partial charge in [-0.05, 0) is 50.8 Å². The first-order valence-corrected chi connectivity index (χ1v) is 9.78. The van der Waals surface area contributed by atoms with E-state index in [1.165, 1.54) is 4.90 Å². The summed E-state index contributed by atoms with van der Waals surface area (Å²) < 4.78 is 0.858. The molecule has 0 saturated carbocycles. The van der Waals surface area contributed by atoms with Crippen LogP contribution in [0.4, 0.5) is 0 Å². The molecule has 2 heterocycles. The third-order valence-corrected chi connectivity index (χ3v) is 5.19. The van der Waals surface area contributed by atoms with Gasteiger partial charge in [-0.1, -0.05) is 34.1 Å². The predicted molar refractivity (Wildman–Crippen MR) is 111 cm³/mol. The largest absolute Gasteiger partial charge is 0.507 e. The lowest BCUT2D eigenvalue weighted by atomic mass is 9.96. The number of hydrogen-bond donors (Lipinski definition) is 1. The Morgan fingerprint density at radius 2 is 1.93 bits per heavy atom. The summed E-state index contributed by atoms with van der Waals surface area (Å²) >= 11 is 3.36. The Hall–Kier alpha value is -2.51. The van der Waals surface area contributed by atoms with Crippen molar-refractivity contribution in [1.82, 2.24) is 14.8 Å². The first kappa shape index (κ1) is 20.2.